The van der Waals surface area contributed by atoms with Gasteiger partial charge < -0.3 is 31.3 Å². The number of aromatic carboxylic acids is 1. The van der Waals surface area contributed by atoms with Crippen molar-refractivity contribution in [3.8, 4) is 5.75 Å². The molecule has 0 heterocycles. The van der Waals surface area contributed by atoms with Crippen molar-refractivity contribution in [1.29, 1.82) is 0 Å². The zero-order valence-electron chi connectivity index (χ0n) is 24.3. The van der Waals surface area contributed by atoms with Crippen LogP contribution in [0, 0.1) is 0 Å². The van der Waals surface area contributed by atoms with Gasteiger partial charge in [-0.2, -0.15) is 0 Å². The van der Waals surface area contributed by atoms with E-state index in [1.807, 2.05) is 30.3 Å². The van der Waals surface area contributed by atoms with E-state index in [1.165, 1.54) is 50.2 Å². The Balaban J connectivity index is 1.63. The maximum atomic E-state index is 13.2. The summed E-state index contributed by atoms with van der Waals surface area (Å²) in [7, 11) is 0. The molecule has 7 N–H and O–H groups in total. The number of carbonyl (C=O) groups is 5. The minimum absolute atomic E-state index is 0.0292. The predicted octanol–water partition coefficient (Wildman–Crippen LogP) is 2.33. The molecule has 0 radical (unpaired) electrons. The largest absolute Gasteiger partial charge is 0.508 e. The molecule has 0 bridgehead atoms. The van der Waals surface area contributed by atoms with E-state index >= 15 is 0 Å². The van der Waals surface area contributed by atoms with Crippen LogP contribution in [-0.4, -0.2) is 69.1 Å². The molecular formula is C32H36N4O8. The predicted molar refractivity (Wildman–Crippen MR) is 162 cm³/mol. The Morgan fingerprint density at radius 1 is 0.682 bits per heavy atom. The van der Waals surface area contributed by atoms with Gasteiger partial charge in [0.15, 0.2) is 0 Å². The molecule has 232 valence electrons. The fraction of sp³-hybridized carbons (Fsp3) is 0.281. The van der Waals surface area contributed by atoms with E-state index in [0.29, 0.717) is 17.7 Å². The van der Waals surface area contributed by atoms with Gasteiger partial charge in [-0.1, -0.05) is 42.5 Å². The standard InChI is InChI=1S/C32H36N4O8/c1-19(33-26(32(43)44)17-10-21-6-4-3-5-7-21)28(38)34-20(2)29(39)36-27(18-22-8-15-25(37)16-9-22)30(40)35-24-13-11-23(12-14-24)31(41)42/h3-9,11-16,19-20,26-27,33,37H,10,17-18H2,1-2H3,(H,34,38)(H,35,40)(H,36,39)(H,41,42)(H,43,44)/t19-,20+,26+,27-/m0/s1. The third kappa shape index (κ3) is 10.2. The summed E-state index contributed by atoms with van der Waals surface area (Å²) in [5.41, 5.74) is 1.95. The minimum Gasteiger partial charge on any atom is -0.508 e. The third-order valence-corrected chi connectivity index (χ3v) is 6.87. The topological polar surface area (TPSA) is 194 Å². The first-order valence-electron chi connectivity index (χ1n) is 14.0. The number of anilines is 1. The SMILES string of the molecule is C[C@H](N[C@H](CCc1ccccc1)C(=O)O)C(=O)N[C@H](C)C(=O)N[C@@H](Cc1ccc(O)cc1)C(=O)Nc1ccc(C(=O)O)cc1. The molecule has 3 rings (SSSR count). The van der Waals surface area contributed by atoms with Crippen LogP contribution in [0.2, 0.25) is 0 Å². The van der Waals surface area contributed by atoms with Crippen molar-refractivity contribution >= 4 is 35.3 Å². The molecule has 0 aromatic heterocycles. The normalized spacial score (nSPS) is 13.5. The van der Waals surface area contributed by atoms with E-state index in [2.05, 4.69) is 21.3 Å². The Kier molecular flexibility index (Phi) is 12.0. The molecule has 0 fully saturated rings. The van der Waals surface area contributed by atoms with Gasteiger partial charge in [-0.3, -0.25) is 24.5 Å². The second kappa shape index (κ2) is 15.8. The quantitative estimate of drug-likeness (QED) is 0.136. The van der Waals surface area contributed by atoms with Crippen LogP contribution in [0.3, 0.4) is 0 Å². The Bertz CT molecular complexity index is 1450. The highest BCUT2D eigenvalue weighted by molar-refractivity contribution is 5.99. The van der Waals surface area contributed by atoms with E-state index in [4.69, 9.17) is 5.11 Å². The molecule has 0 saturated heterocycles. The Morgan fingerprint density at radius 2 is 1.30 bits per heavy atom. The van der Waals surface area contributed by atoms with Crippen molar-refractivity contribution in [2.24, 2.45) is 0 Å². The number of carbonyl (C=O) groups excluding carboxylic acids is 3. The van der Waals surface area contributed by atoms with Gasteiger partial charge >= 0.3 is 11.9 Å². The van der Waals surface area contributed by atoms with E-state index in [9.17, 15) is 34.2 Å². The van der Waals surface area contributed by atoms with Crippen molar-refractivity contribution in [1.82, 2.24) is 16.0 Å². The fourth-order valence-electron chi connectivity index (χ4n) is 4.31. The van der Waals surface area contributed by atoms with Crippen LogP contribution >= 0.6 is 0 Å². The van der Waals surface area contributed by atoms with Crippen LogP contribution < -0.4 is 21.3 Å². The van der Waals surface area contributed by atoms with Gasteiger partial charge in [-0.25, -0.2) is 4.79 Å². The zero-order valence-corrected chi connectivity index (χ0v) is 24.3. The molecule has 4 atom stereocenters. The van der Waals surface area contributed by atoms with Gasteiger partial charge in [-0.15, -0.1) is 0 Å². The van der Waals surface area contributed by atoms with Gasteiger partial charge in [0.1, 0.15) is 23.9 Å². The van der Waals surface area contributed by atoms with Crippen LogP contribution in [0.25, 0.3) is 0 Å². The highest BCUT2D eigenvalue weighted by Crippen LogP contribution is 2.14. The van der Waals surface area contributed by atoms with Gasteiger partial charge in [0.2, 0.25) is 17.7 Å². The Labute approximate surface area is 254 Å². The summed E-state index contributed by atoms with van der Waals surface area (Å²) in [4.78, 5) is 62.1. The molecule has 0 spiro atoms. The molecule has 0 aliphatic carbocycles. The second-order valence-corrected chi connectivity index (χ2v) is 10.3. The molecule has 3 amide bonds. The van der Waals surface area contributed by atoms with Crippen molar-refractivity contribution in [3.05, 3.63) is 95.6 Å². The lowest BCUT2D eigenvalue weighted by molar-refractivity contribution is -0.140. The van der Waals surface area contributed by atoms with E-state index in [1.54, 1.807) is 12.1 Å². The first kappa shape index (κ1) is 33.3. The van der Waals surface area contributed by atoms with Gasteiger partial charge in [0.25, 0.3) is 0 Å². The second-order valence-electron chi connectivity index (χ2n) is 10.3. The highest BCUT2D eigenvalue weighted by atomic mass is 16.4. The molecule has 0 aliphatic rings. The minimum atomic E-state index is -1.12. The zero-order chi connectivity index (χ0) is 32.2. The number of rotatable bonds is 15. The van der Waals surface area contributed by atoms with Gasteiger partial charge in [-0.05, 0) is 74.2 Å². The van der Waals surface area contributed by atoms with E-state index in [0.717, 1.165) is 5.56 Å². The summed E-state index contributed by atoms with van der Waals surface area (Å²) in [5, 5.41) is 39.0. The van der Waals surface area contributed by atoms with Crippen LogP contribution in [0.4, 0.5) is 5.69 Å². The number of amides is 3. The van der Waals surface area contributed by atoms with Crippen molar-refractivity contribution in [3.63, 3.8) is 0 Å². The number of hydrogen-bond donors (Lipinski definition) is 7. The number of hydrogen-bond acceptors (Lipinski definition) is 7. The Hall–Kier alpha value is -5.23. The summed E-state index contributed by atoms with van der Waals surface area (Å²) in [5.74, 6) is -4.05. The van der Waals surface area contributed by atoms with Gasteiger partial charge in [0, 0.05) is 12.1 Å². The number of phenols is 1. The summed E-state index contributed by atoms with van der Waals surface area (Å²) < 4.78 is 0. The van der Waals surface area contributed by atoms with Crippen molar-refractivity contribution in [2.75, 3.05) is 5.32 Å². The molecule has 12 heteroatoms. The van der Waals surface area contributed by atoms with Crippen LogP contribution in [0.1, 0.15) is 41.8 Å². The monoisotopic (exact) mass is 604 g/mol. The number of aliphatic carboxylic acids is 1. The van der Waals surface area contributed by atoms with Crippen LogP contribution in [0.15, 0.2) is 78.9 Å². The smallest absolute Gasteiger partial charge is 0.335 e. The van der Waals surface area contributed by atoms with Crippen molar-refractivity contribution < 1.29 is 39.3 Å². The fourth-order valence-corrected chi connectivity index (χ4v) is 4.31. The lowest BCUT2D eigenvalue weighted by Crippen LogP contribution is -2.56. The molecule has 44 heavy (non-hydrogen) atoms. The number of carboxylic acids is 2. The van der Waals surface area contributed by atoms with Crippen molar-refractivity contribution in [2.45, 2.75) is 57.3 Å². The third-order valence-electron chi connectivity index (χ3n) is 6.87. The summed E-state index contributed by atoms with van der Waals surface area (Å²) in [6.45, 7) is 2.93. The first-order chi connectivity index (χ1) is 20.9. The van der Waals surface area contributed by atoms with E-state index in [-0.39, 0.29) is 24.2 Å². The molecule has 12 nitrogen and oxygen atoms in total. The number of nitrogens with one attached hydrogen (secondary N) is 4. The summed E-state index contributed by atoms with van der Waals surface area (Å²) in [6.07, 6.45) is 0.789. The molecule has 3 aromatic carbocycles. The molecule has 3 aromatic rings. The summed E-state index contributed by atoms with van der Waals surface area (Å²) >= 11 is 0. The maximum absolute atomic E-state index is 13.2. The average Bonchev–Trinajstić information content (AvgIpc) is 3.00. The first-order valence-corrected chi connectivity index (χ1v) is 14.0. The molecule has 0 saturated carbocycles. The molecule has 0 aliphatic heterocycles. The van der Waals surface area contributed by atoms with Gasteiger partial charge in [0.05, 0.1) is 11.6 Å². The maximum Gasteiger partial charge on any atom is 0.335 e. The average molecular weight is 605 g/mol. The molecule has 0 unspecified atom stereocenters. The van der Waals surface area contributed by atoms with Crippen LogP contribution in [0.5, 0.6) is 5.75 Å². The number of carboxylic acid groups (broad SMARTS) is 2. The number of aryl methyl sites for hydroxylation is 1. The lowest BCUT2D eigenvalue weighted by atomic mass is 10.0. The molecular weight excluding hydrogens is 568 g/mol. The number of aromatic hydroxyl groups is 1. The summed E-state index contributed by atoms with van der Waals surface area (Å²) in [6, 6.07) is 16.8. The lowest BCUT2D eigenvalue weighted by Gasteiger charge is -2.24. The highest BCUT2D eigenvalue weighted by Gasteiger charge is 2.28. The van der Waals surface area contributed by atoms with Crippen LogP contribution in [-0.2, 0) is 32.0 Å². The number of phenolic OH excluding ortho intramolecular Hbond substituents is 1. The number of benzene rings is 3. The Morgan fingerprint density at radius 3 is 1.89 bits per heavy atom. The van der Waals surface area contributed by atoms with E-state index < -0.39 is 53.8 Å².